The number of benzene rings is 1. The van der Waals surface area contributed by atoms with Crippen LogP contribution in [-0.4, -0.2) is 39.4 Å². The first-order valence-corrected chi connectivity index (χ1v) is 13.7. The number of fused-ring (bicyclic) bond motifs is 1. The molecule has 0 saturated carbocycles. The zero-order valence-corrected chi connectivity index (χ0v) is 21.6. The number of nitrogens with zero attached hydrogens (tertiary/aromatic N) is 5. The van der Waals surface area contributed by atoms with Gasteiger partial charge in [-0.1, -0.05) is 31.5 Å². The van der Waals surface area contributed by atoms with Crippen LogP contribution < -0.4 is 21.6 Å². The van der Waals surface area contributed by atoms with E-state index >= 15 is 0 Å². The Balaban J connectivity index is 0.00000176. The Labute approximate surface area is 203 Å². The molecule has 3 rings (SSSR count). The van der Waals surface area contributed by atoms with E-state index in [1.807, 2.05) is 35.9 Å². The summed E-state index contributed by atoms with van der Waals surface area (Å²) in [6, 6.07) is 6.67. The summed E-state index contributed by atoms with van der Waals surface area (Å²) in [7, 11) is 3.00. The molecule has 1 unspecified atom stereocenters. The van der Waals surface area contributed by atoms with Gasteiger partial charge in [0.1, 0.15) is 10.7 Å². The number of amidine groups is 1. The number of pyridine rings is 1. The van der Waals surface area contributed by atoms with Gasteiger partial charge in [-0.2, -0.15) is 0 Å². The number of para-hydroxylation sites is 1. The van der Waals surface area contributed by atoms with Gasteiger partial charge in [-0.25, -0.2) is 29.7 Å². The number of hydrogen-bond acceptors (Lipinski definition) is 7. The normalized spacial score (nSPS) is 11.8. The minimum atomic E-state index is -2.75. The van der Waals surface area contributed by atoms with E-state index in [0.29, 0.717) is 22.7 Å². The summed E-state index contributed by atoms with van der Waals surface area (Å²) < 4.78 is 33.7. The van der Waals surface area contributed by atoms with Crippen LogP contribution in [0.2, 0.25) is 5.15 Å². The van der Waals surface area contributed by atoms with Crippen LogP contribution in [0.1, 0.15) is 31.7 Å². The molecule has 0 spiro atoms. The van der Waals surface area contributed by atoms with Gasteiger partial charge in [0, 0.05) is 13.1 Å². The molecule has 14 heteroatoms. The molecule has 0 bridgehead atoms. The SMILES string of the molecule is CC.COc1c(Nc2cc(Cl)nc3c2nc(C(F)F)n3PI)cccc1/C(N)=N/N(C)N. The minimum Gasteiger partial charge on any atom is -0.494 e. The van der Waals surface area contributed by atoms with Crippen molar-refractivity contribution in [3.05, 3.63) is 40.8 Å². The topological polar surface area (TPSA) is 120 Å². The summed E-state index contributed by atoms with van der Waals surface area (Å²) in [4.78, 5) is 8.27. The number of halogens is 4. The average Bonchev–Trinajstić information content (AvgIpc) is 3.13. The highest BCUT2D eigenvalue weighted by atomic mass is 127. The molecule has 5 N–H and O–H groups in total. The second-order valence-corrected chi connectivity index (χ2v) is 8.38. The van der Waals surface area contributed by atoms with Crippen LogP contribution in [-0.2, 0) is 0 Å². The molecule has 0 aliphatic rings. The molecular formula is C18H23ClF2IN8OP. The number of imidazole rings is 1. The number of methoxy groups -OCH3 is 1. The fraction of sp³-hybridized carbons (Fsp3) is 0.278. The van der Waals surface area contributed by atoms with Gasteiger partial charge in [0.2, 0.25) is 0 Å². The van der Waals surface area contributed by atoms with E-state index in [1.54, 1.807) is 18.2 Å². The smallest absolute Gasteiger partial charge is 0.295 e. The van der Waals surface area contributed by atoms with Crippen LogP contribution in [0.3, 0.4) is 0 Å². The molecule has 2 aromatic heterocycles. The van der Waals surface area contributed by atoms with Crippen molar-refractivity contribution < 1.29 is 13.5 Å². The Kier molecular flexibility index (Phi) is 9.62. The van der Waals surface area contributed by atoms with Crippen molar-refractivity contribution >= 4 is 68.4 Å². The molecule has 0 saturated heterocycles. The molecule has 0 radical (unpaired) electrons. The highest BCUT2D eigenvalue weighted by Crippen LogP contribution is 2.39. The molecule has 0 aliphatic carbocycles. The third kappa shape index (κ3) is 5.66. The van der Waals surface area contributed by atoms with E-state index in [1.165, 1.54) is 24.6 Å². The van der Waals surface area contributed by atoms with Crippen molar-refractivity contribution in [3.8, 4) is 5.75 Å². The summed E-state index contributed by atoms with van der Waals surface area (Å²) in [5.74, 6) is 5.67. The predicted octanol–water partition coefficient (Wildman–Crippen LogP) is 5.02. The summed E-state index contributed by atoms with van der Waals surface area (Å²) in [6.07, 6.45) is -2.78. The highest BCUT2D eigenvalue weighted by molar-refractivity contribution is 14.2. The number of nitrogens with one attached hydrogen (secondary N) is 1. The number of ether oxygens (including phenoxy) is 1. The first-order valence-electron chi connectivity index (χ1n) is 9.27. The number of hydrogen-bond donors (Lipinski definition) is 3. The lowest BCUT2D eigenvalue weighted by atomic mass is 10.1. The number of alkyl halides is 2. The van der Waals surface area contributed by atoms with Gasteiger partial charge in [-0.05, 0) is 34.2 Å². The number of hydrazone groups is 1. The minimum absolute atomic E-state index is 0.0280. The van der Waals surface area contributed by atoms with Gasteiger partial charge < -0.3 is 15.8 Å². The molecule has 32 heavy (non-hydrogen) atoms. The second-order valence-electron chi connectivity index (χ2n) is 5.93. The lowest BCUT2D eigenvalue weighted by Gasteiger charge is -2.16. The molecule has 0 fully saturated rings. The van der Waals surface area contributed by atoms with Crippen molar-refractivity contribution in [1.29, 1.82) is 0 Å². The standard InChI is InChI=1S/C16H17ClF2IN8OP.C2H6/c1-27(22)26-14(21)7-4-3-5-8(12(7)29-2)23-9-6-10(17)24-15-11(9)25-16(13(18)19)28(15)30-20;1-2/h3-6,13,30H,22H2,1-2H3,(H2,21,26)(H,23,24);1-2H3. The fourth-order valence-corrected chi connectivity index (χ4v) is 4.87. The van der Waals surface area contributed by atoms with Crippen molar-refractivity contribution in [2.75, 3.05) is 19.5 Å². The van der Waals surface area contributed by atoms with E-state index in [2.05, 4.69) is 20.4 Å². The van der Waals surface area contributed by atoms with Gasteiger partial charge in [0.05, 0.1) is 30.4 Å². The molecule has 1 aromatic carbocycles. The molecular weight excluding hydrogens is 576 g/mol. The highest BCUT2D eigenvalue weighted by Gasteiger charge is 2.23. The maximum Gasteiger partial charge on any atom is 0.295 e. The third-order valence-electron chi connectivity index (χ3n) is 3.92. The number of aromatic nitrogens is 3. The van der Waals surface area contributed by atoms with Crippen LogP contribution in [0.5, 0.6) is 5.75 Å². The molecule has 1 atom stereocenters. The average molecular weight is 599 g/mol. The molecule has 174 valence electrons. The maximum atomic E-state index is 13.5. The van der Waals surface area contributed by atoms with E-state index in [9.17, 15) is 8.78 Å². The Morgan fingerprint density at radius 2 is 2.03 bits per heavy atom. The Bertz CT molecular complexity index is 1110. The lowest BCUT2D eigenvalue weighted by molar-refractivity contribution is 0.140. The quantitative estimate of drug-likeness (QED) is 0.0665. The number of nitrogens with two attached hydrogens (primary N) is 2. The first kappa shape index (κ1) is 26.2. The first-order chi connectivity index (χ1) is 15.3. The molecule has 0 aliphatic heterocycles. The van der Waals surface area contributed by atoms with Crippen LogP contribution in [0, 0.1) is 0 Å². The summed E-state index contributed by atoms with van der Waals surface area (Å²) in [5.41, 5.74) is 7.91. The van der Waals surface area contributed by atoms with Gasteiger partial charge in [0.25, 0.3) is 6.43 Å². The van der Waals surface area contributed by atoms with Crippen molar-refractivity contribution in [2.24, 2.45) is 16.7 Å². The summed E-state index contributed by atoms with van der Waals surface area (Å²) >= 11 is 8.14. The third-order valence-corrected chi connectivity index (χ3v) is 6.17. The molecule has 2 heterocycles. The summed E-state index contributed by atoms with van der Waals surface area (Å²) in [5, 5.41) is 8.32. The Hall–Kier alpha value is -2.02. The van der Waals surface area contributed by atoms with Gasteiger partial charge >= 0.3 is 0 Å². The maximum absolute atomic E-state index is 13.5. The van der Waals surface area contributed by atoms with Crippen LogP contribution in [0.15, 0.2) is 29.4 Å². The largest absolute Gasteiger partial charge is 0.494 e. The van der Waals surface area contributed by atoms with Crippen molar-refractivity contribution in [1.82, 2.24) is 19.4 Å². The van der Waals surface area contributed by atoms with E-state index in [-0.39, 0.29) is 34.4 Å². The number of anilines is 2. The predicted molar refractivity (Wildman–Crippen MR) is 136 cm³/mol. The van der Waals surface area contributed by atoms with Crippen LogP contribution >= 0.6 is 40.0 Å². The van der Waals surface area contributed by atoms with E-state index < -0.39 is 6.43 Å². The molecule has 3 aromatic rings. The van der Waals surface area contributed by atoms with Crippen molar-refractivity contribution in [3.63, 3.8) is 0 Å². The second kappa shape index (κ2) is 11.7. The number of rotatable bonds is 7. The van der Waals surface area contributed by atoms with Crippen molar-refractivity contribution in [2.45, 2.75) is 20.3 Å². The van der Waals surface area contributed by atoms with Crippen LogP contribution in [0.4, 0.5) is 20.2 Å². The zero-order chi connectivity index (χ0) is 24.0. The monoisotopic (exact) mass is 598 g/mol. The zero-order valence-electron chi connectivity index (χ0n) is 17.7. The lowest BCUT2D eigenvalue weighted by Crippen LogP contribution is -2.26. The van der Waals surface area contributed by atoms with Crippen LogP contribution in [0.25, 0.3) is 11.2 Å². The van der Waals surface area contributed by atoms with Gasteiger partial charge in [-0.15, -0.1) is 5.10 Å². The van der Waals surface area contributed by atoms with Gasteiger partial charge in [-0.3, -0.25) is 4.34 Å². The Morgan fingerprint density at radius 3 is 2.59 bits per heavy atom. The van der Waals surface area contributed by atoms with E-state index in [0.717, 1.165) is 5.12 Å². The molecule has 0 amide bonds. The fourth-order valence-electron chi connectivity index (χ4n) is 2.78. The number of hydrazine groups is 1. The van der Waals surface area contributed by atoms with Gasteiger partial charge in [0.15, 0.2) is 23.1 Å². The molecule has 9 nitrogen and oxygen atoms in total. The Morgan fingerprint density at radius 1 is 1.34 bits per heavy atom. The summed E-state index contributed by atoms with van der Waals surface area (Å²) in [6.45, 7) is 4.00. The van der Waals surface area contributed by atoms with E-state index in [4.69, 9.17) is 27.9 Å².